The van der Waals surface area contributed by atoms with Crippen LogP contribution in [0.25, 0.3) is 0 Å². The van der Waals surface area contributed by atoms with Crippen molar-refractivity contribution < 1.29 is 4.39 Å². The van der Waals surface area contributed by atoms with Crippen LogP contribution in [-0.4, -0.2) is 6.54 Å². The van der Waals surface area contributed by atoms with Crippen LogP contribution in [0.1, 0.15) is 36.1 Å². The molecule has 0 aliphatic heterocycles. The third kappa shape index (κ3) is 3.59. The molecule has 0 aliphatic rings. The van der Waals surface area contributed by atoms with E-state index < -0.39 is 0 Å². The van der Waals surface area contributed by atoms with Crippen molar-refractivity contribution in [1.82, 2.24) is 5.32 Å². The van der Waals surface area contributed by atoms with Gasteiger partial charge in [-0.05, 0) is 54.8 Å². The quantitative estimate of drug-likeness (QED) is 0.828. The summed E-state index contributed by atoms with van der Waals surface area (Å²) in [4.78, 5) is 0. The molecule has 1 unspecified atom stereocenters. The number of hydrogen-bond donors (Lipinski definition) is 1. The van der Waals surface area contributed by atoms with Gasteiger partial charge in [-0.25, -0.2) is 4.39 Å². The number of rotatable bonds is 5. The van der Waals surface area contributed by atoms with Gasteiger partial charge in [0.25, 0.3) is 0 Å². The lowest BCUT2D eigenvalue weighted by atomic mass is 9.97. The highest BCUT2D eigenvalue weighted by molar-refractivity contribution is 6.30. The van der Waals surface area contributed by atoms with Crippen molar-refractivity contribution in [2.75, 3.05) is 6.54 Å². The molecule has 2 rings (SSSR count). The van der Waals surface area contributed by atoms with E-state index in [1.165, 1.54) is 0 Å². The van der Waals surface area contributed by atoms with Crippen LogP contribution in [0.4, 0.5) is 4.39 Å². The minimum absolute atomic E-state index is 0.0382. The monoisotopic (exact) mass is 291 g/mol. The van der Waals surface area contributed by atoms with Crippen molar-refractivity contribution in [3.63, 3.8) is 0 Å². The largest absolute Gasteiger partial charge is 0.306 e. The molecule has 0 amide bonds. The van der Waals surface area contributed by atoms with Crippen LogP contribution < -0.4 is 5.32 Å². The minimum Gasteiger partial charge on any atom is -0.306 e. The first-order chi connectivity index (χ1) is 9.61. The van der Waals surface area contributed by atoms with Gasteiger partial charge in [-0.15, -0.1) is 0 Å². The zero-order valence-electron chi connectivity index (χ0n) is 11.8. The average molecular weight is 292 g/mol. The molecule has 1 atom stereocenters. The van der Waals surface area contributed by atoms with Crippen LogP contribution in [-0.2, 0) is 0 Å². The Morgan fingerprint density at radius 3 is 2.55 bits per heavy atom. The number of benzene rings is 2. The standard InChI is InChI=1S/C17H19ClFN/c1-3-9-20-17(13-5-4-6-15(18)10-13)14-8-7-12(2)16(19)11-14/h4-8,10-11,17,20H,3,9H2,1-2H3. The maximum atomic E-state index is 13.8. The molecule has 0 radical (unpaired) electrons. The van der Waals surface area contributed by atoms with Gasteiger partial charge in [0.15, 0.2) is 0 Å². The summed E-state index contributed by atoms with van der Waals surface area (Å²) in [6.45, 7) is 4.75. The van der Waals surface area contributed by atoms with Gasteiger partial charge < -0.3 is 5.32 Å². The zero-order valence-corrected chi connectivity index (χ0v) is 12.5. The fourth-order valence-corrected chi connectivity index (χ4v) is 2.39. The molecule has 0 spiro atoms. The van der Waals surface area contributed by atoms with Crippen LogP contribution in [0.5, 0.6) is 0 Å². The normalized spacial score (nSPS) is 12.4. The average Bonchev–Trinajstić information content (AvgIpc) is 2.43. The van der Waals surface area contributed by atoms with E-state index in [2.05, 4.69) is 12.2 Å². The molecule has 3 heteroatoms. The summed E-state index contributed by atoms with van der Waals surface area (Å²) in [5, 5.41) is 4.14. The second kappa shape index (κ2) is 6.87. The molecular formula is C17H19ClFN. The summed E-state index contributed by atoms with van der Waals surface area (Å²) < 4.78 is 13.8. The van der Waals surface area contributed by atoms with E-state index in [0.29, 0.717) is 10.6 Å². The molecule has 0 saturated carbocycles. The summed E-state index contributed by atoms with van der Waals surface area (Å²) in [6.07, 6.45) is 1.02. The lowest BCUT2D eigenvalue weighted by molar-refractivity contribution is 0.582. The number of halogens is 2. The lowest BCUT2D eigenvalue weighted by Gasteiger charge is -2.20. The highest BCUT2D eigenvalue weighted by atomic mass is 35.5. The Balaban J connectivity index is 2.38. The Bertz CT molecular complexity index is 583. The molecule has 0 aromatic heterocycles. The van der Waals surface area contributed by atoms with Gasteiger partial charge in [-0.1, -0.05) is 42.8 Å². The van der Waals surface area contributed by atoms with E-state index in [9.17, 15) is 4.39 Å². The Morgan fingerprint density at radius 2 is 1.90 bits per heavy atom. The van der Waals surface area contributed by atoms with Crippen LogP contribution >= 0.6 is 11.6 Å². The second-order valence-corrected chi connectivity index (χ2v) is 5.39. The van der Waals surface area contributed by atoms with Crippen LogP contribution in [0, 0.1) is 12.7 Å². The molecule has 0 bridgehead atoms. The summed E-state index contributed by atoms with van der Waals surface area (Å²) in [6, 6.07) is 13.0. The van der Waals surface area contributed by atoms with Crippen molar-refractivity contribution in [3.05, 3.63) is 70.0 Å². The molecule has 1 nitrogen and oxygen atoms in total. The molecular weight excluding hydrogens is 273 g/mol. The van der Waals surface area contributed by atoms with E-state index in [0.717, 1.165) is 24.1 Å². The topological polar surface area (TPSA) is 12.0 Å². The van der Waals surface area contributed by atoms with Crippen LogP contribution in [0.2, 0.25) is 5.02 Å². The molecule has 0 saturated heterocycles. The van der Waals surface area contributed by atoms with Crippen LogP contribution in [0.15, 0.2) is 42.5 Å². The molecule has 0 aliphatic carbocycles. The minimum atomic E-state index is -0.173. The fraction of sp³-hybridized carbons (Fsp3) is 0.294. The summed E-state index contributed by atoms with van der Waals surface area (Å²) in [7, 11) is 0. The summed E-state index contributed by atoms with van der Waals surface area (Å²) >= 11 is 6.07. The van der Waals surface area contributed by atoms with Gasteiger partial charge in [0.2, 0.25) is 0 Å². The van der Waals surface area contributed by atoms with Gasteiger partial charge in [-0.2, -0.15) is 0 Å². The van der Waals surface area contributed by atoms with E-state index in [1.54, 1.807) is 13.0 Å². The molecule has 2 aromatic rings. The smallest absolute Gasteiger partial charge is 0.126 e. The van der Waals surface area contributed by atoms with Gasteiger partial charge in [-0.3, -0.25) is 0 Å². The molecule has 20 heavy (non-hydrogen) atoms. The molecule has 0 heterocycles. The van der Waals surface area contributed by atoms with E-state index in [-0.39, 0.29) is 11.9 Å². The predicted octanol–water partition coefficient (Wildman–Crippen LogP) is 4.88. The summed E-state index contributed by atoms with van der Waals surface area (Å²) in [5.41, 5.74) is 2.63. The molecule has 1 N–H and O–H groups in total. The Hall–Kier alpha value is -1.38. The Kier molecular flexibility index (Phi) is 5.16. The van der Waals surface area contributed by atoms with Gasteiger partial charge in [0, 0.05) is 5.02 Å². The van der Waals surface area contributed by atoms with E-state index in [1.807, 2.05) is 36.4 Å². The predicted molar refractivity (Wildman–Crippen MR) is 82.7 cm³/mol. The first kappa shape index (κ1) is 15.0. The van der Waals surface area contributed by atoms with Crippen LogP contribution in [0.3, 0.4) is 0 Å². The lowest BCUT2D eigenvalue weighted by Crippen LogP contribution is -2.23. The fourth-order valence-electron chi connectivity index (χ4n) is 2.19. The SMILES string of the molecule is CCCNC(c1cccc(Cl)c1)c1ccc(C)c(F)c1. The highest BCUT2D eigenvalue weighted by Gasteiger charge is 2.14. The van der Waals surface area contributed by atoms with Crippen molar-refractivity contribution in [3.8, 4) is 0 Å². The van der Waals surface area contributed by atoms with Gasteiger partial charge >= 0.3 is 0 Å². The van der Waals surface area contributed by atoms with Gasteiger partial charge in [0.1, 0.15) is 5.82 Å². The summed E-state index contributed by atoms with van der Waals surface area (Å²) in [5.74, 6) is -0.173. The van der Waals surface area contributed by atoms with Crippen molar-refractivity contribution in [1.29, 1.82) is 0 Å². The molecule has 106 valence electrons. The van der Waals surface area contributed by atoms with Crippen molar-refractivity contribution in [2.24, 2.45) is 0 Å². The number of nitrogens with one attached hydrogen (secondary N) is 1. The zero-order chi connectivity index (χ0) is 14.5. The van der Waals surface area contributed by atoms with Crippen molar-refractivity contribution >= 4 is 11.6 Å². The number of aryl methyl sites for hydroxylation is 1. The Morgan fingerprint density at radius 1 is 1.15 bits per heavy atom. The highest BCUT2D eigenvalue weighted by Crippen LogP contribution is 2.25. The second-order valence-electron chi connectivity index (χ2n) is 4.95. The molecule has 2 aromatic carbocycles. The first-order valence-electron chi connectivity index (χ1n) is 6.86. The number of hydrogen-bond acceptors (Lipinski definition) is 1. The third-order valence-electron chi connectivity index (χ3n) is 3.31. The molecule has 0 fully saturated rings. The Labute approximate surface area is 124 Å². The van der Waals surface area contributed by atoms with Crippen molar-refractivity contribution in [2.45, 2.75) is 26.3 Å². The van der Waals surface area contributed by atoms with E-state index >= 15 is 0 Å². The first-order valence-corrected chi connectivity index (χ1v) is 7.24. The van der Waals surface area contributed by atoms with E-state index in [4.69, 9.17) is 11.6 Å². The maximum Gasteiger partial charge on any atom is 0.126 e. The third-order valence-corrected chi connectivity index (χ3v) is 3.54. The van der Waals surface area contributed by atoms with Gasteiger partial charge in [0.05, 0.1) is 6.04 Å². The maximum absolute atomic E-state index is 13.8.